The first-order valence-corrected chi connectivity index (χ1v) is 8.44. The largest absolute Gasteiger partial charge is 0.369 e. The molecule has 1 aromatic rings. The van der Waals surface area contributed by atoms with Crippen molar-refractivity contribution in [1.82, 2.24) is 4.72 Å². The number of carbonyl (C=O) groups is 1. The molecule has 116 valence electrons. The number of halogens is 1. The first-order valence-electron chi connectivity index (χ1n) is 6.89. The van der Waals surface area contributed by atoms with Crippen molar-refractivity contribution < 1.29 is 17.6 Å². The minimum Gasteiger partial charge on any atom is -0.369 e. The van der Waals surface area contributed by atoms with Crippen LogP contribution in [0.3, 0.4) is 0 Å². The van der Waals surface area contributed by atoms with Crippen LogP contribution in [0.2, 0.25) is 0 Å². The molecule has 7 heteroatoms. The van der Waals surface area contributed by atoms with Gasteiger partial charge in [-0.05, 0) is 25.5 Å². The average Bonchev–Trinajstić information content (AvgIpc) is 2.88. The van der Waals surface area contributed by atoms with E-state index in [1.165, 1.54) is 19.1 Å². The number of benzene rings is 1. The molecule has 0 aliphatic carbocycles. The maximum absolute atomic E-state index is 13.8. The Morgan fingerprint density at radius 3 is 2.81 bits per heavy atom. The summed E-state index contributed by atoms with van der Waals surface area (Å²) in [5.41, 5.74) is 0.496. The number of carbonyl (C=O) groups excluding carboxylic acids is 1. The van der Waals surface area contributed by atoms with Crippen LogP contribution in [0.4, 0.5) is 10.1 Å². The lowest BCUT2D eigenvalue weighted by Crippen LogP contribution is -2.36. The molecule has 2 rings (SSSR count). The Morgan fingerprint density at radius 2 is 2.19 bits per heavy atom. The summed E-state index contributed by atoms with van der Waals surface area (Å²) in [4.78, 5) is 13.4. The van der Waals surface area contributed by atoms with Crippen molar-refractivity contribution >= 4 is 21.5 Å². The Bertz CT molecular complexity index is 646. The number of nitrogens with zero attached hydrogens (tertiary/aromatic N) is 1. The molecule has 1 saturated heterocycles. The number of Topliss-reactive ketones (excluding diaryl/α,β-unsaturated/α-hetero) is 1. The van der Waals surface area contributed by atoms with E-state index in [-0.39, 0.29) is 17.9 Å². The van der Waals surface area contributed by atoms with Crippen LogP contribution in [0.5, 0.6) is 0 Å². The van der Waals surface area contributed by atoms with E-state index in [4.69, 9.17) is 0 Å². The van der Waals surface area contributed by atoms with Crippen LogP contribution < -0.4 is 9.62 Å². The third kappa shape index (κ3) is 3.24. The maximum atomic E-state index is 13.8. The van der Waals surface area contributed by atoms with Crippen molar-refractivity contribution in [3.8, 4) is 0 Å². The van der Waals surface area contributed by atoms with Crippen LogP contribution in [0.25, 0.3) is 0 Å². The molecule has 1 aromatic carbocycles. The first-order chi connectivity index (χ1) is 9.86. The zero-order valence-corrected chi connectivity index (χ0v) is 12.9. The predicted molar refractivity (Wildman–Crippen MR) is 79.6 cm³/mol. The van der Waals surface area contributed by atoms with Crippen molar-refractivity contribution in [3.05, 3.63) is 29.6 Å². The quantitative estimate of drug-likeness (QED) is 0.837. The van der Waals surface area contributed by atoms with Crippen LogP contribution in [-0.2, 0) is 10.0 Å². The van der Waals surface area contributed by atoms with Gasteiger partial charge in [0.05, 0.1) is 16.5 Å². The topological polar surface area (TPSA) is 66.5 Å². The van der Waals surface area contributed by atoms with E-state index in [9.17, 15) is 17.6 Å². The second-order valence-corrected chi connectivity index (χ2v) is 7.14. The maximum Gasteiger partial charge on any atom is 0.216 e. The van der Waals surface area contributed by atoms with E-state index >= 15 is 0 Å². The molecule has 0 saturated carbocycles. The first kappa shape index (κ1) is 15.9. The van der Waals surface area contributed by atoms with Crippen molar-refractivity contribution in [2.24, 2.45) is 0 Å². The molecule has 21 heavy (non-hydrogen) atoms. The number of rotatable bonds is 5. The lowest BCUT2D eigenvalue weighted by atomic mass is 10.1. The number of anilines is 1. The van der Waals surface area contributed by atoms with E-state index < -0.39 is 21.1 Å². The number of nitrogens with one attached hydrogen (secondary N) is 1. The second kappa shape index (κ2) is 6.11. The summed E-state index contributed by atoms with van der Waals surface area (Å²) < 4.78 is 40.4. The average molecular weight is 314 g/mol. The fourth-order valence-electron chi connectivity index (χ4n) is 2.64. The Kier molecular flexibility index (Phi) is 4.63. The molecule has 0 unspecified atom stereocenters. The van der Waals surface area contributed by atoms with Crippen LogP contribution in [0, 0.1) is 5.82 Å². The summed E-state index contributed by atoms with van der Waals surface area (Å²) >= 11 is 0. The minimum absolute atomic E-state index is 0.0269. The summed E-state index contributed by atoms with van der Waals surface area (Å²) in [7, 11) is -3.36. The molecule has 0 aromatic heterocycles. The SMILES string of the molecule is CCNS(=O)(=O)[C@H]1CCN(c2cccc(F)c2C(C)=O)C1. The van der Waals surface area contributed by atoms with E-state index in [0.29, 0.717) is 25.2 Å². The van der Waals surface area contributed by atoms with E-state index in [0.717, 1.165) is 0 Å². The van der Waals surface area contributed by atoms with E-state index in [1.54, 1.807) is 17.9 Å². The van der Waals surface area contributed by atoms with Crippen LogP contribution in [-0.4, -0.2) is 39.1 Å². The minimum atomic E-state index is -3.36. The fraction of sp³-hybridized carbons (Fsp3) is 0.500. The van der Waals surface area contributed by atoms with E-state index in [1.807, 2.05) is 0 Å². The van der Waals surface area contributed by atoms with Gasteiger partial charge >= 0.3 is 0 Å². The van der Waals surface area contributed by atoms with Crippen molar-refractivity contribution in [2.45, 2.75) is 25.5 Å². The highest BCUT2D eigenvalue weighted by Gasteiger charge is 2.34. The van der Waals surface area contributed by atoms with Gasteiger partial charge < -0.3 is 4.90 Å². The third-order valence-electron chi connectivity index (χ3n) is 3.61. The fourth-order valence-corrected chi connectivity index (χ4v) is 4.07. The van der Waals surface area contributed by atoms with Crippen LogP contribution in [0.1, 0.15) is 30.6 Å². The molecule has 0 radical (unpaired) electrons. The Hall–Kier alpha value is -1.47. The molecule has 1 heterocycles. The highest BCUT2D eigenvalue weighted by Crippen LogP contribution is 2.28. The van der Waals surface area contributed by atoms with Crippen LogP contribution in [0.15, 0.2) is 18.2 Å². The molecular weight excluding hydrogens is 295 g/mol. The van der Waals surface area contributed by atoms with Crippen LogP contribution >= 0.6 is 0 Å². The third-order valence-corrected chi connectivity index (χ3v) is 5.57. The highest BCUT2D eigenvalue weighted by molar-refractivity contribution is 7.90. The smallest absolute Gasteiger partial charge is 0.216 e. The van der Waals surface area contributed by atoms with Crippen molar-refractivity contribution in [3.63, 3.8) is 0 Å². The summed E-state index contributed by atoms with van der Waals surface area (Å²) in [5, 5.41) is -0.541. The zero-order chi connectivity index (χ0) is 15.6. The molecular formula is C14H19FN2O3S. The number of hydrogen-bond acceptors (Lipinski definition) is 4. The molecule has 0 spiro atoms. The summed E-state index contributed by atoms with van der Waals surface area (Å²) in [6, 6.07) is 4.43. The standard InChI is InChI=1S/C14H19FN2O3S/c1-3-16-21(19,20)11-7-8-17(9-11)13-6-4-5-12(15)14(13)10(2)18/h4-6,11,16H,3,7-9H2,1-2H3/t11-/m0/s1. The lowest BCUT2D eigenvalue weighted by molar-refractivity contribution is 0.101. The molecule has 1 aliphatic rings. The van der Waals surface area contributed by atoms with Gasteiger partial charge in [0, 0.05) is 19.6 Å². The van der Waals surface area contributed by atoms with Gasteiger partial charge in [0.15, 0.2) is 5.78 Å². The molecule has 1 fully saturated rings. The Morgan fingerprint density at radius 1 is 1.48 bits per heavy atom. The Balaban J connectivity index is 2.27. The van der Waals surface area contributed by atoms with Gasteiger partial charge in [0.2, 0.25) is 10.0 Å². The van der Waals surface area contributed by atoms with Gasteiger partial charge in [-0.2, -0.15) is 0 Å². The van der Waals surface area contributed by atoms with Gasteiger partial charge in [0.1, 0.15) is 5.82 Å². The number of ketones is 1. The monoisotopic (exact) mass is 314 g/mol. The van der Waals surface area contributed by atoms with Gasteiger partial charge in [0.25, 0.3) is 0 Å². The highest BCUT2D eigenvalue weighted by atomic mass is 32.2. The molecule has 5 nitrogen and oxygen atoms in total. The summed E-state index contributed by atoms with van der Waals surface area (Å²) in [6.07, 6.45) is 0.461. The number of sulfonamides is 1. The molecule has 1 atom stereocenters. The summed E-state index contributed by atoms with van der Waals surface area (Å²) in [5.74, 6) is -0.931. The Labute approximate surface area is 124 Å². The predicted octanol–water partition coefficient (Wildman–Crippen LogP) is 1.55. The van der Waals surface area contributed by atoms with Gasteiger partial charge in [-0.15, -0.1) is 0 Å². The molecule has 0 bridgehead atoms. The molecule has 1 N–H and O–H groups in total. The lowest BCUT2D eigenvalue weighted by Gasteiger charge is -2.21. The summed E-state index contributed by atoms with van der Waals surface area (Å²) in [6.45, 7) is 4.13. The van der Waals surface area contributed by atoms with E-state index in [2.05, 4.69) is 4.72 Å². The van der Waals surface area contributed by atoms with Crippen molar-refractivity contribution in [1.29, 1.82) is 0 Å². The molecule has 1 aliphatic heterocycles. The second-order valence-electron chi connectivity index (χ2n) is 5.09. The van der Waals surface area contributed by atoms with Gasteiger partial charge in [-0.1, -0.05) is 13.0 Å². The van der Waals surface area contributed by atoms with Gasteiger partial charge in [-0.25, -0.2) is 17.5 Å². The molecule has 0 amide bonds. The van der Waals surface area contributed by atoms with Gasteiger partial charge in [-0.3, -0.25) is 4.79 Å². The van der Waals surface area contributed by atoms with Crippen molar-refractivity contribution in [2.75, 3.05) is 24.5 Å². The zero-order valence-electron chi connectivity index (χ0n) is 12.1. The number of hydrogen-bond donors (Lipinski definition) is 1. The normalized spacial score (nSPS) is 19.0.